The van der Waals surface area contributed by atoms with Crippen molar-refractivity contribution >= 4 is 36.0 Å². The summed E-state index contributed by atoms with van der Waals surface area (Å²) in [6, 6.07) is 0. The molecule has 1 saturated heterocycles. The average Bonchev–Trinajstić information content (AvgIpc) is 2.54. The van der Waals surface area contributed by atoms with E-state index in [0.717, 1.165) is 11.4 Å². The van der Waals surface area contributed by atoms with Crippen LogP contribution in [0.5, 0.6) is 0 Å². The molecule has 2 amide bonds. The lowest BCUT2D eigenvalue weighted by Gasteiger charge is -2.33. The van der Waals surface area contributed by atoms with Crippen LogP contribution in [0, 0.1) is 5.41 Å². The Bertz CT molecular complexity index is 555. The van der Waals surface area contributed by atoms with Gasteiger partial charge in [-0.1, -0.05) is 13.8 Å². The van der Waals surface area contributed by atoms with Gasteiger partial charge in [0.2, 0.25) is 5.91 Å². The highest BCUT2D eigenvalue weighted by molar-refractivity contribution is 8.55. The van der Waals surface area contributed by atoms with E-state index in [4.69, 9.17) is 13.8 Å². The van der Waals surface area contributed by atoms with Crippen molar-refractivity contribution in [3.8, 4) is 0 Å². The molecule has 9 nitrogen and oxygen atoms in total. The highest BCUT2D eigenvalue weighted by atomic mass is 32.7. The van der Waals surface area contributed by atoms with Crippen LogP contribution in [0.2, 0.25) is 0 Å². The predicted molar refractivity (Wildman–Crippen MR) is 93.0 cm³/mol. The number of carbonyl (C=O) groups excluding carboxylic acids is 3. The normalized spacial score (nSPS) is 29.0. The number of amides is 2. The van der Waals surface area contributed by atoms with Crippen LogP contribution in [0.3, 0.4) is 0 Å². The summed E-state index contributed by atoms with van der Waals surface area (Å²) in [7, 11) is 1.26. The Hall–Kier alpha value is -1.09. The molecule has 0 bridgehead atoms. The third kappa shape index (κ3) is 7.35. The second-order valence-corrected chi connectivity index (χ2v) is 10.4. The summed E-state index contributed by atoms with van der Waals surface area (Å²) in [5.74, 6) is -1.09. The second-order valence-electron chi connectivity index (χ2n) is 6.11. The molecule has 0 aromatic carbocycles. The summed E-state index contributed by atoms with van der Waals surface area (Å²) < 4.78 is 28.1. The molecule has 1 rings (SSSR count). The van der Waals surface area contributed by atoms with E-state index in [2.05, 4.69) is 10.6 Å². The molecule has 1 aliphatic rings. The minimum Gasteiger partial charge on any atom is -0.452 e. The number of hydrogen-bond donors (Lipinski definition) is 2. The second kappa shape index (κ2) is 9.56. The molecular weight excluding hydrogens is 371 g/mol. The van der Waals surface area contributed by atoms with Crippen LogP contribution in [0.1, 0.15) is 27.2 Å². The Kier molecular flexibility index (Phi) is 8.40. The van der Waals surface area contributed by atoms with Crippen molar-refractivity contribution in [1.29, 1.82) is 0 Å². The molecule has 0 aromatic heterocycles. The maximum absolute atomic E-state index is 12.6. The van der Waals surface area contributed by atoms with Crippen molar-refractivity contribution in [1.82, 2.24) is 10.6 Å². The quantitative estimate of drug-likeness (QED) is 0.526. The average molecular weight is 396 g/mol. The number of esters is 1. The molecule has 0 aliphatic carbocycles. The molecule has 2 atom stereocenters. The third-order valence-corrected chi connectivity index (χ3v) is 7.23. The number of ether oxygens (including phenoxy) is 1. The molecule has 144 valence electrons. The van der Waals surface area contributed by atoms with Gasteiger partial charge in [0.05, 0.1) is 6.61 Å². The van der Waals surface area contributed by atoms with E-state index >= 15 is 0 Å². The molecule has 1 aliphatic heterocycles. The van der Waals surface area contributed by atoms with Gasteiger partial charge in [-0.15, -0.1) is 0 Å². The lowest BCUT2D eigenvalue weighted by molar-refractivity contribution is -0.162. The van der Waals surface area contributed by atoms with Crippen molar-refractivity contribution in [2.75, 3.05) is 32.6 Å². The molecule has 11 heteroatoms. The first-order valence-electron chi connectivity index (χ1n) is 7.76. The molecule has 0 aromatic rings. The Morgan fingerprint density at radius 2 is 2.00 bits per heavy atom. The Morgan fingerprint density at radius 1 is 1.32 bits per heavy atom. The lowest BCUT2D eigenvalue weighted by atomic mass is 9.86. The molecule has 1 unspecified atom stereocenters. The molecule has 2 N–H and O–H groups in total. The van der Waals surface area contributed by atoms with Crippen molar-refractivity contribution in [2.24, 2.45) is 5.41 Å². The fourth-order valence-corrected chi connectivity index (χ4v) is 4.86. The van der Waals surface area contributed by atoms with Crippen LogP contribution in [0.15, 0.2) is 0 Å². The minimum atomic E-state index is -3.46. The molecule has 0 spiro atoms. The van der Waals surface area contributed by atoms with Gasteiger partial charge in [-0.25, -0.2) is 4.57 Å². The number of nitrogens with one attached hydrogen (secondary N) is 2. The van der Waals surface area contributed by atoms with Crippen LogP contribution in [-0.2, 0) is 32.7 Å². The fourth-order valence-electron chi connectivity index (χ4n) is 2.03. The van der Waals surface area contributed by atoms with Gasteiger partial charge in [-0.05, 0) is 11.4 Å². The number of carbonyl (C=O) groups is 3. The standard InChI is InChI=1S/C14H25N2O7PS/c1-10(17)23-12-13(19)16-6-5-11(18)15-7-8-25-24(20,21-4)22-9-14(12,2)3/h12H,5-9H2,1-4H3,(H,15,18)(H,16,19)/t12-,24?/m0/s1. The summed E-state index contributed by atoms with van der Waals surface area (Å²) in [6.07, 6.45) is -1.08. The van der Waals surface area contributed by atoms with Crippen molar-refractivity contribution in [3.05, 3.63) is 0 Å². The van der Waals surface area contributed by atoms with Crippen molar-refractivity contribution in [2.45, 2.75) is 33.3 Å². The Balaban J connectivity index is 3.01. The zero-order valence-corrected chi connectivity index (χ0v) is 16.5. The van der Waals surface area contributed by atoms with Gasteiger partial charge in [-0.3, -0.25) is 14.4 Å². The van der Waals surface area contributed by atoms with Gasteiger partial charge in [0.25, 0.3) is 5.91 Å². The van der Waals surface area contributed by atoms with Crippen molar-refractivity contribution < 1.29 is 32.7 Å². The van der Waals surface area contributed by atoms with E-state index in [0.29, 0.717) is 12.3 Å². The summed E-state index contributed by atoms with van der Waals surface area (Å²) in [5, 5.41) is 5.22. The van der Waals surface area contributed by atoms with Crippen LogP contribution < -0.4 is 10.6 Å². The molecular formula is C14H25N2O7PS. The van der Waals surface area contributed by atoms with Crippen LogP contribution in [0.25, 0.3) is 0 Å². The Labute approximate surface area is 151 Å². The van der Waals surface area contributed by atoms with Gasteiger partial charge in [0.15, 0.2) is 6.10 Å². The zero-order chi connectivity index (χ0) is 19.1. The smallest absolute Gasteiger partial charge is 0.388 e. The maximum atomic E-state index is 12.6. The third-order valence-electron chi connectivity index (χ3n) is 3.37. The van der Waals surface area contributed by atoms with Crippen molar-refractivity contribution in [3.63, 3.8) is 0 Å². The Morgan fingerprint density at radius 3 is 2.60 bits per heavy atom. The molecule has 1 heterocycles. The highest BCUT2D eigenvalue weighted by Crippen LogP contribution is 2.60. The highest BCUT2D eigenvalue weighted by Gasteiger charge is 2.40. The minimum absolute atomic E-state index is 0.0854. The number of rotatable bonds is 2. The van der Waals surface area contributed by atoms with E-state index in [1.807, 2.05) is 0 Å². The number of hydrogen-bond acceptors (Lipinski definition) is 8. The van der Waals surface area contributed by atoms with E-state index in [1.165, 1.54) is 14.0 Å². The first kappa shape index (κ1) is 22.0. The SMILES string of the molecule is COP1(=O)OCC(C)(C)[C@@H](OC(C)=O)C(=O)NCCC(=O)NCCS1. The largest absolute Gasteiger partial charge is 0.452 e. The summed E-state index contributed by atoms with van der Waals surface area (Å²) in [6.45, 7) is 1.34. The van der Waals surface area contributed by atoms with Crippen LogP contribution in [0.4, 0.5) is 0 Å². The molecule has 1 fully saturated rings. The topological polar surface area (TPSA) is 120 Å². The summed E-state index contributed by atoms with van der Waals surface area (Å²) >= 11 is 0.957. The van der Waals surface area contributed by atoms with Gasteiger partial charge >= 0.3 is 12.8 Å². The molecule has 0 saturated carbocycles. The summed E-state index contributed by atoms with van der Waals surface area (Å²) in [4.78, 5) is 35.4. The molecule has 0 radical (unpaired) electrons. The predicted octanol–water partition coefficient (Wildman–Crippen LogP) is 1.08. The van der Waals surface area contributed by atoms with E-state index in [1.54, 1.807) is 13.8 Å². The van der Waals surface area contributed by atoms with Gasteiger partial charge < -0.3 is 24.4 Å². The molecule has 25 heavy (non-hydrogen) atoms. The first-order chi connectivity index (χ1) is 11.6. The first-order valence-corrected chi connectivity index (χ1v) is 10.9. The van der Waals surface area contributed by atoms with Gasteiger partial charge in [-0.2, -0.15) is 0 Å². The monoisotopic (exact) mass is 396 g/mol. The van der Waals surface area contributed by atoms with E-state index < -0.39 is 30.2 Å². The lowest BCUT2D eigenvalue weighted by Crippen LogP contribution is -2.49. The van der Waals surface area contributed by atoms with E-state index in [-0.39, 0.29) is 25.5 Å². The summed E-state index contributed by atoms with van der Waals surface area (Å²) in [5.41, 5.74) is -0.961. The van der Waals surface area contributed by atoms with Crippen LogP contribution in [-0.4, -0.2) is 56.4 Å². The fraction of sp³-hybridized carbons (Fsp3) is 0.786. The van der Waals surface area contributed by atoms with Crippen LogP contribution >= 0.6 is 18.2 Å². The van der Waals surface area contributed by atoms with E-state index in [9.17, 15) is 18.9 Å². The zero-order valence-electron chi connectivity index (χ0n) is 14.8. The van der Waals surface area contributed by atoms with Gasteiger partial charge in [0, 0.05) is 44.7 Å². The van der Waals surface area contributed by atoms with Gasteiger partial charge in [0.1, 0.15) is 0 Å². The maximum Gasteiger partial charge on any atom is 0.388 e.